The normalized spacial score (nSPS) is 19.4. The zero-order valence-corrected chi connectivity index (χ0v) is 14.1. The summed E-state index contributed by atoms with van der Waals surface area (Å²) in [5, 5.41) is 3.22. The molecule has 0 saturated heterocycles. The van der Waals surface area contributed by atoms with E-state index < -0.39 is 0 Å². The van der Waals surface area contributed by atoms with Crippen LogP contribution in [0.3, 0.4) is 0 Å². The summed E-state index contributed by atoms with van der Waals surface area (Å²) >= 11 is 0. The molecule has 0 radical (unpaired) electrons. The number of carbonyl (C=O) groups excluding carboxylic acids is 1. The van der Waals surface area contributed by atoms with E-state index in [1.165, 1.54) is 31.2 Å². The summed E-state index contributed by atoms with van der Waals surface area (Å²) in [6, 6.07) is 6.45. The van der Waals surface area contributed by atoms with E-state index >= 15 is 0 Å². The highest BCUT2D eigenvalue weighted by atomic mass is 16.5. The molecule has 4 nitrogen and oxygen atoms in total. The second kappa shape index (κ2) is 7.24. The topological polar surface area (TPSA) is 47.6 Å². The third-order valence-electron chi connectivity index (χ3n) is 5.15. The second-order valence-electron chi connectivity index (χ2n) is 6.81. The van der Waals surface area contributed by atoms with Crippen molar-refractivity contribution in [2.24, 2.45) is 5.92 Å². The van der Waals surface area contributed by atoms with Crippen LogP contribution in [0.5, 0.6) is 11.5 Å². The molecule has 0 heterocycles. The molecule has 0 aromatic heterocycles. The molecule has 2 saturated carbocycles. The first-order valence-electron chi connectivity index (χ1n) is 8.72. The van der Waals surface area contributed by atoms with E-state index in [-0.39, 0.29) is 11.8 Å². The first kappa shape index (κ1) is 16.2. The summed E-state index contributed by atoms with van der Waals surface area (Å²) in [5.41, 5.74) is 1.19. The van der Waals surface area contributed by atoms with Crippen molar-refractivity contribution in [1.82, 2.24) is 5.32 Å². The van der Waals surface area contributed by atoms with E-state index in [1.807, 2.05) is 12.1 Å². The quantitative estimate of drug-likeness (QED) is 0.835. The van der Waals surface area contributed by atoms with Crippen LogP contribution < -0.4 is 14.8 Å². The number of amides is 1. The van der Waals surface area contributed by atoms with Crippen LogP contribution in [0, 0.1) is 5.92 Å². The third kappa shape index (κ3) is 3.98. The van der Waals surface area contributed by atoms with Crippen LogP contribution in [0.25, 0.3) is 0 Å². The SMILES string of the molecule is COc1ccc(C(CC(=O)NC2CCCC2)C2CC2)cc1OC. The van der Waals surface area contributed by atoms with Crippen molar-refractivity contribution in [2.45, 2.75) is 56.9 Å². The molecule has 2 aliphatic rings. The fourth-order valence-electron chi connectivity index (χ4n) is 3.70. The van der Waals surface area contributed by atoms with Crippen molar-refractivity contribution in [3.05, 3.63) is 23.8 Å². The number of benzene rings is 1. The molecule has 1 amide bonds. The number of nitrogens with one attached hydrogen (secondary N) is 1. The van der Waals surface area contributed by atoms with Gasteiger partial charge < -0.3 is 14.8 Å². The van der Waals surface area contributed by atoms with Gasteiger partial charge in [0.05, 0.1) is 14.2 Å². The molecule has 1 atom stereocenters. The summed E-state index contributed by atoms with van der Waals surface area (Å²) in [7, 11) is 3.30. The lowest BCUT2D eigenvalue weighted by molar-refractivity contribution is -0.122. The average molecular weight is 317 g/mol. The Kier molecular flexibility index (Phi) is 5.09. The van der Waals surface area contributed by atoms with Crippen LogP contribution in [0.2, 0.25) is 0 Å². The largest absolute Gasteiger partial charge is 0.493 e. The predicted octanol–water partition coefficient (Wildman–Crippen LogP) is 3.65. The van der Waals surface area contributed by atoms with Crippen LogP contribution >= 0.6 is 0 Å². The minimum absolute atomic E-state index is 0.198. The molecule has 4 heteroatoms. The minimum Gasteiger partial charge on any atom is -0.493 e. The standard InChI is InChI=1S/C19H27NO3/c1-22-17-10-9-14(11-18(17)23-2)16(13-7-8-13)12-19(21)20-15-5-3-4-6-15/h9-11,13,15-16H,3-8,12H2,1-2H3,(H,20,21). The zero-order valence-electron chi connectivity index (χ0n) is 14.1. The maximum Gasteiger partial charge on any atom is 0.220 e. The van der Waals surface area contributed by atoms with E-state index in [9.17, 15) is 4.79 Å². The monoisotopic (exact) mass is 317 g/mol. The van der Waals surface area contributed by atoms with Gasteiger partial charge in [-0.2, -0.15) is 0 Å². The van der Waals surface area contributed by atoms with Gasteiger partial charge in [0, 0.05) is 12.5 Å². The maximum atomic E-state index is 12.4. The highest BCUT2D eigenvalue weighted by Gasteiger charge is 2.34. The highest BCUT2D eigenvalue weighted by molar-refractivity contribution is 5.77. The molecule has 0 bridgehead atoms. The summed E-state index contributed by atoms with van der Waals surface area (Å²) in [4.78, 5) is 12.4. The first-order chi connectivity index (χ1) is 11.2. The van der Waals surface area contributed by atoms with E-state index in [0.717, 1.165) is 24.3 Å². The van der Waals surface area contributed by atoms with Gasteiger partial charge in [0.15, 0.2) is 11.5 Å². The van der Waals surface area contributed by atoms with Crippen molar-refractivity contribution in [2.75, 3.05) is 14.2 Å². The van der Waals surface area contributed by atoms with Crippen LogP contribution in [0.15, 0.2) is 18.2 Å². The van der Waals surface area contributed by atoms with Crippen molar-refractivity contribution >= 4 is 5.91 Å². The fraction of sp³-hybridized carbons (Fsp3) is 0.632. The van der Waals surface area contributed by atoms with E-state index in [2.05, 4.69) is 11.4 Å². The lowest BCUT2D eigenvalue weighted by Gasteiger charge is -2.20. The molecule has 0 spiro atoms. The molecule has 1 aromatic rings. The molecule has 2 fully saturated rings. The number of rotatable bonds is 7. The zero-order chi connectivity index (χ0) is 16.2. The van der Waals surface area contributed by atoms with Gasteiger partial charge in [-0.25, -0.2) is 0 Å². The molecular formula is C19H27NO3. The number of carbonyl (C=O) groups is 1. The van der Waals surface area contributed by atoms with Gasteiger partial charge in [-0.05, 0) is 55.2 Å². The summed E-state index contributed by atoms with van der Waals surface area (Å²) < 4.78 is 10.7. The van der Waals surface area contributed by atoms with Crippen molar-refractivity contribution in [3.63, 3.8) is 0 Å². The Bertz CT molecular complexity index is 548. The lowest BCUT2D eigenvalue weighted by Crippen LogP contribution is -2.33. The Morgan fingerprint density at radius 1 is 1.13 bits per heavy atom. The first-order valence-corrected chi connectivity index (χ1v) is 8.72. The number of methoxy groups -OCH3 is 2. The Morgan fingerprint density at radius 2 is 1.83 bits per heavy atom. The van der Waals surface area contributed by atoms with Crippen LogP contribution in [0.1, 0.15) is 56.4 Å². The molecule has 23 heavy (non-hydrogen) atoms. The summed E-state index contributed by atoms with van der Waals surface area (Å²) in [5.74, 6) is 2.59. The minimum atomic E-state index is 0.198. The number of ether oxygens (including phenoxy) is 2. The number of hydrogen-bond acceptors (Lipinski definition) is 3. The van der Waals surface area contributed by atoms with Gasteiger partial charge in [-0.15, -0.1) is 0 Å². The predicted molar refractivity (Wildman–Crippen MR) is 90.0 cm³/mol. The van der Waals surface area contributed by atoms with E-state index in [1.54, 1.807) is 14.2 Å². The Labute approximate surface area is 138 Å². The third-order valence-corrected chi connectivity index (χ3v) is 5.15. The molecule has 0 aliphatic heterocycles. The van der Waals surface area contributed by atoms with Gasteiger partial charge in [-0.3, -0.25) is 4.79 Å². The number of hydrogen-bond donors (Lipinski definition) is 1. The van der Waals surface area contributed by atoms with E-state index in [4.69, 9.17) is 9.47 Å². The summed E-state index contributed by atoms with van der Waals surface area (Å²) in [6.07, 6.45) is 7.77. The van der Waals surface area contributed by atoms with Crippen LogP contribution in [-0.2, 0) is 4.79 Å². The van der Waals surface area contributed by atoms with Crippen LogP contribution in [0.4, 0.5) is 0 Å². The molecule has 3 rings (SSSR count). The smallest absolute Gasteiger partial charge is 0.220 e. The van der Waals surface area contributed by atoms with Crippen molar-refractivity contribution < 1.29 is 14.3 Å². The maximum absolute atomic E-state index is 12.4. The molecule has 1 unspecified atom stereocenters. The van der Waals surface area contributed by atoms with E-state index in [0.29, 0.717) is 18.4 Å². The second-order valence-corrected chi connectivity index (χ2v) is 6.81. The fourth-order valence-corrected chi connectivity index (χ4v) is 3.70. The van der Waals surface area contributed by atoms with Crippen molar-refractivity contribution in [3.8, 4) is 11.5 Å². The van der Waals surface area contributed by atoms with Gasteiger partial charge in [0.2, 0.25) is 5.91 Å². The average Bonchev–Trinajstić information content (AvgIpc) is 3.29. The van der Waals surface area contributed by atoms with Gasteiger partial charge in [0.25, 0.3) is 0 Å². The Hall–Kier alpha value is -1.71. The summed E-state index contributed by atoms with van der Waals surface area (Å²) in [6.45, 7) is 0. The molecule has 1 aromatic carbocycles. The Balaban J connectivity index is 1.69. The lowest BCUT2D eigenvalue weighted by atomic mass is 9.90. The molecule has 1 N–H and O–H groups in total. The van der Waals surface area contributed by atoms with Gasteiger partial charge in [-0.1, -0.05) is 18.9 Å². The molecular weight excluding hydrogens is 290 g/mol. The van der Waals surface area contributed by atoms with Gasteiger partial charge >= 0.3 is 0 Å². The Morgan fingerprint density at radius 3 is 2.43 bits per heavy atom. The van der Waals surface area contributed by atoms with Crippen LogP contribution in [-0.4, -0.2) is 26.2 Å². The van der Waals surface area contributed by atoms with Gasteiger partial charge in [0.1, 0.15) is 0 Å². The molecule has 2 aliphatic carbocycles. The molecule has 126 valence electrons. The van der Waals surface area contributed by atoms with Crippen molar-refractivity contribution in [1.29, 1.82) is 0 Å². The highest BCUT2D eigenvalue weighted by Crippen LogP contribution is 2.46.